The van der Waals surface area contributed by atoms with Gasteiger partial charge in [0, 0.05) is 31.9 Å². The van der Waals surface area contributed by atoms with Gasteiger partial charge in [-0.15, -0.1) is 0 Å². The zero-order valence-corrected chi connectivity index (χ0v) is 19.0. The average Bonchev–Trinajstić information content (AvgIpc) is 2.85. The minimum Gasteiger partial charge on any atom is -0.444 e. The summed E-state index contributed by atoms with van der Waals surface area (Å²) in [4.78, 5) is 14.2. The molecule has 0 radical (unpaired) electrons. The van der Waals surface area contributed by atoms with Crippen molar-refractivity contribution < 1.29 is 23.2 Å². The minimum absolute atomic E-state index is 0.205. The van der Waals surface area contributed by atoms with Crippen LogP contribution in [0.2, 0.25) is 0 Å². The van der Waals surface area contributed by atoms with Gasteiger partial charge in [-0.2, -0.15) is 4.31 Å². The van der Waals surface area contributed by atoms with Crippen molar-refractivity contribution in [2.24, 2.45) is 0 Å². The largest absolute Gasteiger partial charge is 0.444 e. The lowest BCUT2D eigenvalue weighted by Crippen LogP contribution is -2.41. The first-order valence-corrected chi connectivity index (χ1v) is 11.6. The highest BCUT2D eigenvalue weighted by molar-refractivity contribution is 7.89. The monoisotopic (exact) mass is 437 g/mol. The maximum Gasteiger partial charge on any atom is 0.410 e. The Kier molecular flexibility index (Phi) is 6.18. The van der Waals surface area contributed by atoms with Crippen LogP contribution in [0.4, 0.5) is 4.79 Å². The number of fused-ring (bicyclic) bond motifs is 1. The Morgan fingerprint density at radius 2 is 1.87 bits per heavy atom. The van der Waals surface area contributed by atoms with Crippen molar-refractivity contribution in [2.45, 2.75) is 63.6 Å². The number of hydrogen-bond donors (Lipinski definition) is 1. The molecule has 0 aliphatic carbocycles. The van der Waals surface area contributed by atoms with Gasteiger partial charge in [-0.1, -0.05) is 6.07 Å². The van der Waals surface area contributed by atoms with Crippen LogP contribution < -0.4 is 0 Å². The van der Waals surface area contributed by atoms with Crippen LogP contribution in [0.25, 0.3) is 6.08 Å². The predicted octanol–water partition coefficient (Wildman–Crippen LogP) is 3.44. The summed E-state index contributed by atoms with van der Waals surface area (Å²) in [6, 6.07) is 4.48. The summed E-state index contributed by atoms with van der Waals surface area (Å²) in [5.41, 5.74) is 1.03. The van der Waals surface area contributed by atoms with Crippen molar-refractivity contribution in [3.05, 3.63) is 35.5 Å². The molecule has 0 saturated carbocycles. The van der Waals surface area contributed by atoms with E-state index < -0.39 is 21.7 Å². The Balaban J connectivity index is 1.81. The number of nitrogens with zero attached hydrogens (tertiary/aromatic N) is 3. The van der Waals surface area contributed by atoms with Crippen LogP contribution in [0.1, 0.15) is 58.2 Å². The number of ether oxygens (including phenoxy) is 1. The van der Waals surface area contributed by atoms with Gasteiger partial charge < -0.3 is 9.64 Å². The van der Waals surface area contributed by atoms with E-state index in [1.807, 2.05) is 34.6 Å². The highest BCUT2D eigenvalue weighted by atomic mass is 32.2. The Morgan fingerprint density at radius 1 is 1.17 bits per heavy atom. The molecule has 8 nitrogen and oxygen atoms in total. The van der Waals surface area contributed by atoms with Gasteiger partial charge in [-0.3, -0.25) is 10.3 Å². The van der Waals surface area contributed by atoms with E-state index in [0.717, 1.165) is 16.2 Å². The number of hydroxylamine groups is 2. The molecule has 1 fully saturated rings. The summed E-state index contributed by atoms with van der Waals surface area (Å²) in [7, 11) is -3.74. The maximum atomic E-state index is 13.4. The molecule has 2 aliphatic heterocycles. The quantitative estimate of drug-likeness (QED) is 0.762. The molecule has 1 unspecified atom stereocenters. The van der Waals surface area contributed by atoms with Gasteiger partial charge in [0.25, 0.3) is 0 Å². The van der Waals surface area contributed by atoms with Crippen molar-refractivity contribution in [3.8, 4) is 0 Å². The number of amides is 1. The second-order valence-corrected chi connectivity index (χ2v) is 10.8. The van der Waals surface area contributed by atoms with Crippen LogP contribution in [0.15, 0.2) is 29.3 Å². The van der Waals surface area contributed by atoms with Crippen LogP contribution in [0.3, 0.4) is 0 Å². The first-order valence-electron chi connectivity index (χ1n) is 10.2. The summed E-state index contributed by atoms with van der Waals surface area (Å²) in [6.45, 7) is 10.1. The molecule has 1 saturated heterocycles. The third-order valence-corrected chi connectivity index (χ3v) is 7.48. The molecule has 2 aliphatic rings. The van der Waals surface area contributed by atoms with E-state index >= 15 is 0 Å². The second-order valence-electron chi connectivity index (χ2n) is 8.88. The maximum absolute atomic E-state index is 13.4. The van der Waals surface area contributed by atoms with Crippen LogP contribution in [0, 0.1) is 0 Å². The van der Waals surface area contributed by atoms with E-state index in [9.17, 15) is 18.4 Å². The van der Waals surface area contributed by atoms with E-state index in [4.69, 9.17) is 4.74 Å². The van der Waals surface area contributed by atoms with Crippen LogP contribution in [0.5, 0.6) is 0 Å². The summed E-state index contributed by atoms with van der Waals surface area (Å²) >= 11 is 0. The number of carbonyl (C=O) groups excluding carboxylic acids is 1. The lowest BCUT2D eigenvalue weighted by molar-refractivity contribution is -0.0755. The van der Waals surface area contributed by atoms with E-state index in [1.165, 1.54) is 10.5 Å². The molecule has 0 aromatic heterocycles. The zero-order chi connectivity index (χ0) is 22.3. The molecule has 1 N–H and O–H groups in total. The van der Waals surface area contributed by atoms with Gasteiger partial charge in [0.1, 0.15) is 5.60 Å². The summed E-state index contributed by atoms with van der Waals surface area (Å²) in [6.07, 6.45) is 3.33. The van der Waals surface area contributed by atoms with Gasteiger partial charge in [0.2, 0.25) is 10.0 Å². The molecule has 1 amide bonds. The van der Waals surface area contributed by atoms with E-state index in [-0.39, 0.29) is 30.1 Å². The third kappa shape index (κ3) is 4.63. The fourth-order valence-electron chi connectivity index (χ4n) is 3.71. The van der Waals surface area contributed by atoms with Gasteiger partial charge in [0.05, 0.1) is 10.9 Å². The third-order valence-electron chi connectivity index (χ3n) is 5.47. The summed E-state index contributed by atoms with van der Waals surface area (Å²) in [5.74, 6) is 0. The van der Waals surface area contributed by atoms with Crippen LogP contribution in [-0.4, -0.2) is 65.3 Å². The first-order chi connectivity index (χ1) is 13.9. The highest BCUT2D eigenvalue weighted by Crippen LogP contribution is 2.32. The van der Waals surface area contributed by atoms with Crippen LogP contribution >= 0.6 is 0 Å². The SMILES string of the molecule is CC1c2ccc(S(=O)(=O)N3CCN(C(=O)OC(C)(C)C)CC[C@H]3C)cc2C=CN1O. The standard InChI is InChI=1S/C21H31N3O5S/c1-15-8-10-22(20(25)29-21(3,4)5)12-13-24(15)30(27,28)18-6-7-19-16(2)23(26)11-9-17(19)14-18/h6-7,9,11,14-16,26H,8,10,12-13H2,1-5H3/t15-,16?/m1/s1. The lowest BCUT2D eigenvalue weighted by Gasteiger charge is -2.29. The van der Waals surface area contributed by atoms with E-state index in [1.54, 1.807) is 29.2 Å². The van der Waals surface area contributed by atoms with Gasteiger partial charge in [-0.25, -0.2) is 13.2 Å². The summed E-state index contributed by atoms with van der Waals surface area (Å²) < 4.78 is 33.7. The molecule has 0 bridgehead atoms. The zero-order valence-electron chi connectivity index (χ0n) is 18.2. The van der Waals surface area contributed by atoms with Gasteiger partial charge >= 0.3 is 6.09 Å². The van der Waals surface area contributed by atoms with Crippen molar-refractivity contribution >= 4 is 22.2 Å². The van der Waals surface area contributed by atoms with E-state index in [0.29, 0.717) is 13.0 Å². The number of benzene rings is 1. The second kappa shape index (κ2) is 8.20. The smallest absolute Gasteiger partial charge is 0.410 e. The predicted molar refractivity (Wildman–Crippen MR) is 113 cm³/mol. The molecule has 3 rings (SSSR count). The Labute approximate surface area is 178 Å². The Hall–Kier alpha value is -2.10. The summed E-state index contributed by atoms with van der Waals surface area (Å²) in [5, 5.41) is 10.9. The fourth-order valence-corrected chi connectivity index (χ4v) is 5.39. The lowest BCUT2D eigenvalue weighted by atomic mass is 9.99. The molecule has 1 aromatic rings. The van der Waals surface area contributed by atoms with Crippen LogP contribution in [-0.2, 0) is 14.8 Å². The Bertz CT molecular complexity index is 938. The van der Waals surface area contributed by atoms with Crippen molar-refractivity contribution in [2.75, 3.05) is 19.6 Å². The molecule has 2 atom stereocenters. The highest BCUT2D eigenvalue weighted by Gasteiger charge is 2.34. The molecule has 30 heavy (non-hydrogen) atoms. The minimum atomic E-state index is -3.74. The normalized spacial score (nSPS) is 23.1. The number of rotatable bonds is 2. The molecule has 2 heterocycles. The number of carbonyl (C=O) groups is 1. The number of hydrogen-bond acceptors (Lipinski definition) is 6. The average molecular weight is 438 g/mol. The molecular formula is C21H31N3O5S. The van der Waals surface area contributed by atoms with Crippen molar-refractivity contribution in [3.63, 3.8) is 0 Å². The number of sulfonamides is 1. The van der Waals surface area contributed by atoms with Gasteiger partial charge in [-0.05, 0) is 70.4 Å². The Morgan fingerprint density at radius 3 is 2.53 bits per heavy atom. The van der Waals surface area contributed by atoms with Crippen molar-refractivity contribution in [1.29, 1.82) is 0 Å². The first kappa shape index (κ1) is 22.6. The molecule has 1 aromatic carbocycles. The molecule has 0 spiro atoms. The van der Waals surface area contributed by atoms with E-state index in [2.05, 4.69) is 0 Å². The van der Waals surface area contributed by atoms with Crippen molar-refractivity contribution in [1.82, 2.24) is 14.3 Å². The molecule has 9 heteroatoms. The molecular weight excluding hydrogens is 406 g/mol. The fraction of sp³-hybridized carbons (Fsp3) is 0.571. The topological polar surface area (TPSA) is 90.4 Å². The van der Waals surface area contributed by atoms with Gasteiger partial charge in [0.15, 0.2) is 0 Å². The molecule has 166 valence electrons.